The van der Waals surface area contributed by atoms with Crippen LogP contribution in [0.25, 0.3) is 11.1 Å². The minimum atomic E-state index is -1.13. The van der Waals surface area contributed by atoms with Crippen molar-refractivity contribution in [2.24, 2.45) is 0 Å². The van der Waals surface area contributed by atoms with E-state index in [4.69, 9.17) is 9.47 Å². The molecular weight excluding hydrogens is 376 g/mol. The molecular formula is C21H22N2O6. The minimum absolute atomic E-state index is 0.267. The second-order valence-corrected chi connectivity index (χ2v) is 6.09. The molecule has 3 amide bonds. The molecule has 0 aliphatic carbocycles. The minimum Gasteiger partial charge on any atom is -0.449 e. The third-order valence-corrected chi connectivity index (χ3v) is 3.80. The maximum absolute atomic E-state index is 12.2. The van der Waals surface area contributed by atoms with Gasteiger partial charge in [0.25, 0.3) is 5.91 Å². The molecule has 29 heavy (non-hydrogen) atoms. The smallest absolute Gasteiger partial charge is 0.338 e. The van der Waals surface area contributed by atoms with Gasteiger partial charge in [-0.2, -0.15) is 0 Å². The molecule has 1 atom stereocenters. The van der Waals surface area contributed by atoms with Gasteiger partial charge in [-0.25, -0.2) is 9.59 Å². The third kappa shape index (κ3) is 6.46. The first kappa shape index (κ1) is 21.6. The Labute approximate surface area is 168 Å². The van der Waals surface area contributed by atoms with Crippen molar-refractivity contribution in [3.8, 4) is 16.9 Å². The van der Waals surface area contributed by atoms with Crippen molar-refractivity contribution in [1.82, 2.24) is 10.6 Å². The maximum Gasteiger partial charge on any atom is 0.338 e. The number of esters is 2. The number of carbonyl (C=O) groups is 4. The highest BCUT2D eigenvalue weighted by molar-refractivity contribution is 5.98. The third-order valence-electron chi connectivity index (χ3n) is 3.80. The number of urea groups is 1. The molecule has 0 aromatic heterocycles. The van der Waals surface area contributed by atoms with Crippen LogP contribution in [-0.2, 0) is 14.3 Å². The van der Waals surface area contributed by atoms with Gasteiger partial charge in [-0.15, -0.1) is 0 Å². The lowest BCUT2D eigenvalue weighted by Crippen LogP contribution is -2.44. The molecule has 8 heteroatoms. The number of ether oxygens (including phenoxy) is 2. The fraction of sp³-hybridized carbons (Fsp3) is 0.238. The van der Waals surface area contributed by atoms with Crippen LogP contribution in [0.15, 0.2) is 48.5 Å². The van der Waals surface area contributed by atoms with Crippen molar-refractivity contribution in [1.29, 1.82) is 0 Å². The summed E-state index contributed by atoms with van der Waals surface area (Å²) in [5.41, 5.74) is 1.98. The van der Waals surface area contributed by atoms with Crippen LogP contribution in [-0.4, -0.2) is 36.5 Å². The highest BCUT2D eigenvalue weighted by Gasteiger charge is 2.20. The van der Waals surface area contributed by atoms with Gasteiger partial charge < -0.3 is 14.8 Å². The van der Waals surface area contributed by atoms with Gasteiger partial charge >= 0.3 is 18.0 Å². The molecule has 0 radical (unpaired) electrons. The van der Waals surface area contributed by atoms with Crippen LogP contribution in [0.5, 0.6) is 5.75 Å². The number of nitrogens with one attached hydrogen (secondary N) is 2. The quantitative estimate of drug-likeness (QED) is 0.572. The lowest BCUT2D eigenvalue weighted by molar-refractivity contribution is -0.132. The first-order valence-corrected chi connectivity index (χ1v) is 8.98. The van der Waals surface area contributed by atoms with Crippen molar-refractivity contribution in [3.05, 3.63) is 54.1 Å². The fourth-order valence-electron chi connectivity index (χ4n) is 2.38. The zero-order chi connectivity index (χ0) is 21.4. The van der Waals surface area contributed by atoms with Gasteiger partial charge in [-0.3, -0.25) is 14.9 Å². The Balaban J connectivity index is 1.98. The van der Waals surface area contributed by atoms with E-state index >= 15 is 0 Å². The number of amides is 3. The SMILES string of the molecule is CCNC(=O)NC(=O)C(C)OC(=O)c1ccc(-c2ccc(OC(C)=O)cc2)cc1. The Hall–Kier alpha value is -3.68. The molecule has 2 N–H and O–H groups in total. The summed E-state index contributed by atoms with van der Waals surface area (Å²) in [7, 11) is 0. The molecule has 0 spiro atoms. The van der Waals surface area contributed by atoms with E-state index < -0.39 is 30.0 Å². The lowest BCUT2D eigenvalue weighted by atomic mass is 10.0. The summed E-state index contributed by atoms with van der Waals surface area (Å²) in [6, 6.07) is 12.9. The van der Waals surface area contributed by atoms with E-state index in [1.54, 1.807) is 55.5 Å². The van der Waals surface area contributed by atoms with Gasteiger partial charge in [0.1, 0.15) is 5.75 Å². The summed E-state index contributed by atoms with van der Waals surface area (Å²) >= 11 is 0. The summed E-state index contributed by atoms with van der Waals surface area (Å²) in [6.07, 6.45) is -1.13. The molecule has 0 aliphatic heterocycles. The van der Waals surface area contributed by atoms with Gasteiger partial charge in [0, 0.05) is 13.5 Å². The molecule has 152 valence electrons. The van der Waals surface area contributed by atoms with Crippen molar-refractivity contribution in [2.45, 2.75) is 26.9 Å². The summed E-state index contributed by atoms with van der Waals surface area (Å²) in [4.78, 5) is 46.4. The van der Waals surface area contributed by atoms with E-state index in [1.165, 1.54) is 13.8 Å². The van der Waals surface area contributed by atoms with Gasteiger partial charge in [-0.05, 0) is 49.2 Å². The Morgan fingerprint density at radius 1 is 0.931 bits per heavy atom. The van der Waals surface area contributed by atoms with Crippen LogP contribution in [0.2, 0.25) is 0 Å². The molecule has 0 heterocycles. The predicted molar refractivity (Wildman–Crippen MR) is 105 cm³/mol. The molecule has 2 aromatic rings. The van der Waals surface area contributed by atoms with Gasteiger partial charge in [0.2, 0.25) is 0 Å². The maximum atomic E-state index is 12.2. The van der Waals surface area contributed by atoms with Gasteiger partial charge in [-0.1, -0.05) is 24.3 Å². The number of carbonyl (C=O) groups excluding carboxylic acids is 4. The average molecular weight is 398 g/mol. The predicted octanol–water partition coefficient (Wildman–Crippen LogP) is 2.67. The van der Waals surface area contributed by atoms with Gasteiger partial charge in [0.05, 0.1) is 5.56 Å². The van der Waals surface area contributed by atoms with E-state index in [9.17, 15) is 19.2 Å². The fourth-order valence-corrected chi connectivity index (χ4v) is 2.38. The largest absolute Gasteiger partial charge is 0.449 e. The summed E-state index contributed by atoms with van der Waals surface area (Å²) in [6.45, 7) is 4.79. The molecule has 0 saturated carbocycles. The number of imide groups is 1. The zero-order valence-corrected chi connectivity index (χ0v) is 16.4. The Bertz CT molecular complexity index is 890. The molecule has 0 saturated heterocycles. The summed E-state index contributed by atoms with van der Waals surface area (Å²) in [5.74, 6) is -1.34. The number of hydrogen-bond acceptors (Lipinski definition) is 6. The highest BCUT2D eigenvalue weighted by atomic mass is 16.5. The van der Waals surface area contributed by atoms with Gasteiger partial charge in [0.15, 0.2) is 6.10 Å². The average Bonchev–Trinajstić information content (AvgIpc) is 2.68. The number of rotatable bonds is 6. The van der Waals surface area contributed by atoms with E-state index in [0.717, 1.165) is 11.1 Å². The lowest BCUT2D eigenvalue weighted by Gasteiger charge is -2.13. The van der Waals surface area contributed by atoms with Crippen LogP contribution in [0.3, 0.4) is 0 Å². The van der Waals surface area contributed by atoms with E-state index in [2.05, 4.69) is 10.6 Å². The van der Waals surface area contributed by atoms with Crippen molar-refractivity contribution in [2.75, 3.05) is 6.54 Å². The molecule has 8 nitrogen and oxygen atoms in total. The second-order valence-electron chi connectivity index (χ2n) is 6.09. The normalized spacial score (nSPS) is 11.1. The second kappa shape index (κ2) is 10.0. The molecule has 2 aromatic carbocycles. The summed E-state index contributed by atoms with van der Waals surface area (Å²) in [5, 5.41) is 4.50. The zero-order valence-electron chi connectivity index (χ0n) is 16.4. The van der Waals surface area contributed by atoms with Crippen LogP contribution in [0.4, 0.5) is 4.79 Å². The van der Waals surface area contributed by atoms with E-state index in [0.29, 0.717) is 12.3 Å². The van der Waals surface area contributed by atoms with Crippen LogP contribution >= 0.6 is 0 Å². The highest BCUT2D eigenvalue weighted by Crippen LogP contribution is 2.23. The van der Waals surface area contributed by atoms with Crippen LogP contribution < -0.4 is 15.4 Å². The monoisotopic (exact) mass is 398 g/mol. The van der Waals surface area contributed by atoms with Crippen LogP contribution in [0, 0.1) is 0 Å². The molecule has 0 bridgehead atoms. The van der Waals surface area contributed by atoms with Crippen molar-refractivity contribution < 1.29 is 28.7 Å². The molecule has 1 unspecified atom stereocenters. The van der Waals surface area contributed by atoms with Crippen molar-refractivity contribution >= 4 is 23.9 Å². The standard InChI is InChI=1S/C21H22N2O6/c1-4-22-21(27)23-19(25)13(2)28-20(26)17-7-5-15(6-8-17)16-9-11-18(12-10-16)29-14(3)24/h5-13H,4H2,1-3H3,(H2,22,23,25,27). The Morgan fingerprint density at radius 2 is 1.48 bits per heavy atom. The van der Waals surface area contributed by atoms with E-state index in [1.807, 2.05) is 0 Å². The topological polar surface area (TPSA) is 111 Å². The first-order valence-electron chi connectivity index (χ1n) is 8.98. The molecule has 0 aliphatic rings. The van der Waals surface area contributed by atoms with Crippen molar-refractivity contribution in [3.63, 3.8) is 0 Å². The number of hydrogen-bond donors (Lipinski definition) is 2. The molecule has 2 rings (SSSR count). The Kier molecular flexibility index (Phi) is 7.47. The summed E-state index contributed by atoms with van der Waals surface area (Å²) < 4.78 is 10.1. The van der Waals surface area contributed by atoms with E-state index in [-0.39, 0.29) is 5.56 Å². The Morgan fingerprint density at radius 3 is 2.00 bits per heavy atom. The van der Waals surface area contributed by atoms with Crippen LogP contribution in [0.1, 0.15) is 31.1 Å². The molecule has 0 fully saturated rings. The number of benzene rings is 2. The first-order chi connectivity index (χ1) is 13.8.